The molecule has 0 saturated carbocycles. The Kier molecular flexibility index (Phi) is 51.6. The Bertz CT molecular complexity index is 2510. The third kappa shape index (κ3) is 41.7. The molecule has 15 unspecified atom stereocenters. The smallest absolute Gasteiger partial charge is 0.222 e. The summed E-state index contributed by atoms with van der Waals surface area (Å²) in [5.41, 5.74) is -1.74. The van der Waals surface area contributed by atoms with Gasteiger partial charge in [0.25, 0.3) is 0 Å². The number of carbonyl (C=O) groups excluding carboxylic acids is 8. The second-order valence-electron chi connectivity index (χ2n) is 31.9. The number of aliphatic hydroxyl groups excluding tert-OH is 10. The maximum atomic E-state index is 14.0. The molecule has 668 valence electrons. The zero-order chi connectivity index (χ0) is 84.6. The zero-order valence-electron chi connectivity index (χ0n) is 69.1. The number of hydrogen-bond donors (Lipinski definition) is 17. The highest BCUT2D eigenvalue weighted by Gasteiger charge is 2.45. The lowest BCUT2D eigenvalue weighted by atomic mass is 9.92. The molecule has 0 aliphatic carbocycles. The summed E-state index contributed by atoms with van der Waals surface area (Å²) >= 11 is 0. The molecular weight excluding hydrogens is 1510 g/mol. The molecule has 4 heterocycles. The van der Waals surface area contributed by atoms with Crippen molar-refractivity contribution >= 4 is 47.3 Å². The van der Waals surface area contributed by atoms with E-state index in [0.29, 0.717) is 110 Å². The van der Waals surface area contributed by atoms with Gasteiger partial charge in [0.2, 0.25) is 47.3 Å². The predicted molar refractivity (Wildman–Crippen MR) is 417 cm³/mol. The van der Waals surface area contributed by atoms with Crippen LogP contribution >= 0.6 is 0 Å². The van der Waals surface area contributed by atoms with Crippen molar-refractivity contribution in [1.29, 1.82) is 0 Å². The van der Waals surface area contributed by atoms with Crippen molar-refractivity contribution in [1.82, 2.24) is 42.1 Å². The fourth-order valence-electron chi connectivity index (χ4n) is 13.5. The van der Waals surface area contributed by atoms with Gasteiger partial charge in [-0.25, -0.2) is 0 Å². The minimum atomic E-state index is -1.39. The van der Waals surface area contributed by atoms with Crippen molar-refractivity contribution < 1.29 is 137 Å². The number of likely N-dealkylation sites (tertiary alicyclic amines) is 1. The van der Waals surface area contributed by atoms with Crippen LogP contribution in [0.2, 0.25) is 0 Å². The number of aliphatic hydroxyl groups is 10. The lowest BCUT2D eigenvalue weighted by Crippen LogP contribution is -2.58. The number of unbranched alkanes of at least 4 members (excludes halogenated alkanes) is 10. The first kappa shape index (κ1) is 102. The van der Waals surface area contributed by atoms with Gasteiger partial charge in [-0.3, -0.25) is 38.4 Å². The topological polar surface area (TPSA) is 519 Å². The maximum absolute atomic E-state index is 14.0. The highest BCUT2D eigenvalue weighted by molar-refractivity contribution is 5.79. The molecule has 4 rings (SSSR count). The van der Waals surface area contributed by atoms with Gasteiger partial charge >= 0.3 is 0 Å². The molecule has 4 aliphatic rings. The summed E-state index contributed by atoms with van der Waals surface area (Å²) in [4.78, 5) is 106. The van der Waals surface area contributed by atoms with Gasteiger partial charge in [-0.1, -0.05) is 59.3 Å². The minimum absolute atomic E-state index is 0.0262. The molecule has 0 aromatic heterocycles. The van der Waals surface area contributed by atoms with Gasteiger partial charge in [0.1, 0.15) is 42.2 Å². The van der Waals surface area contributed by atoms with Crippen LogP contribution in [0.5, 0.6) is 0 Å². The van der Waals surface area contributed by atoms with E-state index in [2.05, 4.69) is 37.2 Å². The summed E-state index contributed by atoms with van der Waals surface area (Å²) in [6.45, 7) is 11.6. The summed E-state index contributed by atoms with van der Waals surface area (Å²) in [5.74, 6) is -3.49. The average Bonchev–Trinajstić information content (AvgIpc) is 1.85. The molecule has 0 bridgehead atoms. The number of rotatable bonds is 62. The van der Waals surface area contributed by atoms with Gasteiger partial charge in [0.05, 0.1) is 102 Å². The molecule has 0 radical (unpaired) electrons. The molecule has 36 nitrogen and oxygen atoms in total. The molecule has 36 heteroatoms. The van der Waals surface area contributed by atoms with Crippen molar-refractivity contribution in [2.75, 3.05) is 132 Å². The molecule has 4 fully saturated rings. The third-order valence-electron chi connectivity index (χ3n) is 20.7. The Morgan fingerprint density at radius 3 is 0.991 bits per heavy atom. The van der Waals surface area contributed by atoms with Gasteiger partial charge < -0.3 is 141 Å². The van der Waals surface area contributed by atoms with Gasteiger partial charge in [-0.05, 0) is 97.8 Å². The van der Waals surface area contributed by atoms with E-state index < -0.39 is 123 Å². The number of hydrogen-bond acceptors (Lipinski definition) is 28. The van der Waals surface area contributed by atoms with Crippen LogP contribution in [0, 0.1) is 17.8 Å². The number of nitrogens with one attached hydrogen (secondary N) is 7. The quantitative estimate of drug-likeness (QED) is 0.0338. The number of carbonyl (C=O) groups is 8. The Hall–Kier alpha value is -5.04. The minimum Gasteiger partial charge on any atom is -0.394 e. The van der Waals surface area contributed by atoms with Gasteiger partial charge in [-0.15, -0.1) is 0 Å². The molecule has 17 N–H and O–H groups in total. The molecule has 115 heavy (non-hydrogen) atoms. The summed E-state index contributed by atoms with van der Waals surface area (Å²) in [7, 11) is 0. The SMILES string of the molecule is CC1C(OCCCCC(=O)NCCCNC(=O)CCOCC(COCCC(=O)NCCCNC(=O)CCCCOC2OC(CO)C(O)C(O)C2C)(COCCC(=O)NCCCNC(=O)CCCCOC2OC(CO)C(O)C(O)C2C)NC(=O)CCCCCCCCCCC(=O)N2C[C@H](O)C[C@H]2COC(C)(C)C)OC(CO)C(O)C1O. The normalized spacial score (nSPS) is 26.2. The van der Waals surface area contributed by atoms with E-state index in [4.69, 9.17) is 47.4 Å². The first-order valence-corrected chi connectivity index (χ1v) is 42.0. The Morgan fingerprint density at radius 2 is 0.670 bits per heavy atom. The Labute approximate surface area is 678 Å². The summed E-state index contributed by atoms with van der Waals surface area (Å²) in [5, 5.41) is 120. The van der Waals surface area contributed by atoms with Crippen molar-refractivity contribution in [3.8, 4) is 0 Å². The second kappa shape index (κ2) is 58.0. The number of amides is 8. The van der Waals surface area contributed by atoms with Crippen LogP contribution in [-0.2, 0) is 85.7 Å². The first-order valence-electron chi connectivity index (χ1n) is 42.0. The summed E-state index contributed by atoms with van der Waals surface area (Å²) in [6.07, 6.45) is -0.630. The van der Waals surface area contributed by atoms with Crippen LogP contribution in [0.15, 0.2) is 0 Å². The van der Waals surface area contributed by atoms with Gasteiger partial charge in [0.15, 0.2) is 18.9 Å². The van der Waals surface area contributed by atoms with Gasteiger partial charge in [-0.2, -0.15) is 0 Å². The molecule has 0 aromatic rings. The van der Waals surface area contributed by atoms with E-state index in [-0.39, 0.29) is 183 Å². The van der Waals surface area contributed by atoms with Crippen LogP contribution in [-0.4, -0.2) is 332 Å². The van der Waals surface area contributed by atoms with E-state index in [0.717, 1.165) is 44.9 Å². The van der Waals surface area contributed by atoms with Crippen molar-refractivity contribution in [2.24, 2.45) is 17.8 Å². The Morgan fingerprint density at radius 1 is 0.374 bits per heavy atom. The van der Waals surface area contributed by atoms with E-state index in [1.807, 2.05) is 20.8 Å². The van der Waals surface area contributed by atoms with Crippen LogP contribution < -0.4 is 37.2 Å². The molecule has 4 aliphatic heterocycles. The molecular formula is C79H144N8O28. The van der Waals surface area contributed by atoms with E-state index in [1.54, 1.807) is 25.7 Å². The highest BCUT2D eigenvalue weighted by Crippen LogP contribution is 2.31. The van der Waals surface area contributed by atoms with Crippen molar-refractivity contribution in [3.63, 3.8) is 0 Å². The lowest BCUT2D eigenvalue weighted by molar-refractivity contribution is -0.282. The van der Waals surface area contributed by atoms with E-state index in [9.17, 15) is 89.4 Å². The average molecular weight is 1650 g/mol. The fraction of sp³-hybridized carbons (Fsp3) is 0.899. The predicted octanol–water partition coefficient (Wildman–Crippen LogP) is -0.607. The third-order valence-corrected chi connectivity index (χ3v) is 20.7. The summed E-state index contributed by atoms with van der Waals surface area (Å²) < 4.78 is 58.3. The number of β-amino-alcohol motifs (C(OH)–C–C–N with tert-alkyl or cyclic N) is 1. The monoisotopic (exact) mass is 1650 g/mol. The van der Waals surface area contributed by atoms with E-state index in [1.165, 1.54) is 0 Å². The van der Waals surface area contributed by atoms with Gasteiger partial charge in [0, 0.05) is 135 Å². The molecule has 17 atom stereocenters. The summed E-state index contributed by atoms with van der Waals surface area (Å²) in [6, 6.07) is -0.148. The molecule has 0 aromatic carbocycles. The highest BCUT2D eigenvalue weighted by atomic mass is 16.7. The van der Waals surface area contributed by atoms with Crippen LogP contribution in [0.3, 0.4) is 0 Å². The number of ether oxygens (including phenoxy) is 10. The second-order valence-corrected chi connectivity index (χ2v) is 31.9. The van der Waals surface area contributed by atoms with E-state index >= 15 is 0 Å². The van der Waals surface area contributed by atoms with Crippen LogP contribution in [0.25, 0.3) is 0 Å². The lowest BCUT2D eigenvalue weighted by Gasteiger charge is -2.40. The largest absolute Gasteiger partial charge is 0.394 e. The van der Waals surface area contributed by atoms with Crippen molar-refractivity contribution in [2.45, 2.75) is 306 Å². The molecule has 8 amide bonds. The van der Waals surface area contributed by atoms with Crippen LogP contribution in [0.4, 0.5) is 0 Å². The molecule has 4 saturated heterocycles. The van der Waals surface area contributed by atoms with Crippen molar-refractivity contribution in [3.05, 3.63) is 0 Å². The number of nitrogens with zero attached hydrogens (tertiary/aromatic N) is 1. The molecule has 0 spiro atoms. The first-order chi connectivity index (χ1) is 55.0. The standard InChI is InChI=1S/C79H144N8O28/c1-53-69(100)72(103)58(46-88)113-75(53)109-38-18-15-24-61(92)80-32-21-35-83-64(95)29-41-106-50-79(86-67(98)27-13-11-9-7-8-10-12-14-28-68(99)87-45-57(91)44-56(87)49-112-78(4,5)6,51-107-42-30-65(96)84-36-22-33-81-62(93)25-16-19-39-110-76-54(2)70(101)73(104)59(47-89)114-76)52-108-43-31-66(97)85-37-23-34-82-63(94)26-17-20-40-111-77-55(3)71(102)74(105)60(48-90)115-77/h53-60,69-77,88-91,100-105H,7-52H2,1-6H3,(H,80,92)(H,81,93)(H,82,94)(H,83,95)(H,84,96)(H,85,97)(H,86,98)/t53?,54?,55?,56-,57+,58?,59?,60?,69?,70?,71?,72?,73?,74?,75?,76?,77?,79?/m0/s1. The van der Waals surface area contributed by atoms with Crippen LogP contribution in [0.1, 0.15) is 208 Å². The fourth-order valence-corrected chi connectivity index (χ4v) is 13.5. The Balaban J connectivity index is 1.28. The maximum Gasteiger partial charge on any atom is 0.222 e. The zero-order valence-corrected chi connectivity index (χ0v) is 69.1.